The summed E-state index contributed by atoms with van der Waals surface area (Å²) in [6.07, 6.45) is 0.649. The van der Waals surface area contributed by atoms with Crippen LogP contribution >= 0.6 is 15.9 Å². The van der Waals surface area contributed by atoms with E-state index in [4.69, 9.17) is 15.2 Å². The smallest absolute Gasteiger partial charge is 0.129 e. The summed E-state index contributed by atoms with van der Waals surface area (Å²) < 4.78 is 12.5. The van der Waals surface area contributed by atoms with Crippen molar-refractivity contribution in [1.29, 1.82) is 0 Å². The average molecular weight is 334 g/mol. The molecular formula is C16H16BrNO2. The molecule has 0 saturated heterocycles. The second kappa shape index (κ2) is 5.46. The highest BCUT2D eigenvalue weighted by molar-refractivity contribution is 9.10. The predicted octanol–water partition coefficient (Wildman–Crippen LogP) is 3.98. The van der Waals surface area contributed by atoms with E-state index in [1.54, 1.807) is 7.11 Å². The molecule has 1 aliphatic rings. The standard InChI is InChI=1S/C16H16BrNO2/c1-19-14-7-6-10(17)8-12(14)16-9-13(18)11-4-2-3-5-15(11)20-16/h2-8,13,16H,9,18H2,1H3/t13-,16?/m0/s1. The molecule has 1 unspecified atom stereocenters. The minimum atomic E-state index is -0.0904. The first kappa shape index (κ1) is 13.5. The molecule has 2 N–H and O–H groups in total. The second-order valence-electron chi connectivity index (χ2n) is 4.87. The lowest BCUT2D eigenvalue weighted by atomic mass is 9.93. The van der Waals surface area contributed by atoms with Gasteiger partial charge in [-0.2, -0.15) is 0 Å². The Morgan fingerprint density at radius 3 is 2.80 bits per heavy atom. The molecule has 2 atom stereocenters. The first-order valence-corrected chi connectivity index (χ1v) is 7.33. The number of para-hydroxylation sites is 1. The van der Waals surface area contributed by atoms with E-state index in [-0.39, 0.29) is 12.1 Å². The van der Waals surface area contributed by atoms with Gasteiger partial charge in [-0.25, -0.2) is 0 Å². The summed E-state index contributed by atoms with van der Waals surface area (Å²) in [7, 11) is 1.67. The summed E-state index contributed by atoms with van der Waals surface area (Å²) >= 11 is 3.50. The van der Waals surface area contributed by atoms with Gasteiger partial charge in [0.1, 0.15) is 17.6 Å². The number of fused-ring (bicyclic) bond motifs is 1. The largest absolute Gasteiger partial charge is 0.496 e. The molecule has 1 aliphatic heterocycles. The lowest BCUT2D eigenvalue weighted by Crippen LogP contribution is -2.24. The van der Waals surface area contributed by atoms with Gasteiger partial charge in [-0.05, 0) is 24.3 Å². The van der Waals surface area contributed by atoms with Crippen LogP contribution in [0.5, 0.6) is 11.5 Å². The molecule has 20 heavy (non-hydrogen) atoms. The van der Waals surface area contributed by atoms with Crippen molar-refractivity contribution in [2.24, 2.45) is 5.73 Å². The number of halogens is 1. The third-order valence-electron chi connectivity index (χ3n) is 3.59. The van der Waals surface area contributed by atoms with Crippen molar-refractivity contribution in [3.05, 3.63) is 58.1 Å². The summed E-state index contributed by atoms with van der Waals surface area (Å²) in [5, 5.41) is 0. The van der Waals surface area contributed by atoms with Gasteiger partial charge in [0.25, 0.3) is 0 Å². The Morgan fingerprint density at radius 1 is 1.20 bits per heavy atom. The number of methoxy groups -OCH3 is 1. The van der Waals surface area contributed by atoms with E-state index in [0.29, 0.717) is 0 Å². The average Bonchev–Trinajstić information content (AvgIpc) is 2.47. The van der Waals surface area contributed by atoms with Crippen molar-refractivity contribution in [3.63, 3.8) is 0 Å². The Labute approximate surface area is 126 Å². The Balaban J connectivity index is 1.99. The fourth-order valence-electron chi connectivity index (χ4n) is 2.60. The number of rotatable bonds is 2. The maximum absolute atomic E-state index is 6.27. The zero-order chi connectivity index (χ0) is 14.1. The fourth-order valence-corrected chi connectivity index (χ4v) is 2.98. The van der Waals surface area contributed by atoms with Crippen molar-refractivity contribution in [3.8, 4) is 11.5 Å². The SMILES string of the molecule is COc1ccc(Br)cc1C1C[C@H](N)c2ccccc2O1. The van der Waals surface area contributed by atoms with Crippen molar-refractivity contribution < 1.29 is 9.47 Å². The number of nitrogens with two attached hydrogens (primary N) is 1. The van der Waals surface area contributed by atoms with Crippen LogP contribution in [-0.4, -0.2) is 7.11 Å². The lowest BCUT2D eigenvalue weighted by molar-refractivity contribution is 0.158. The van der Waals surface area contributed by atoms with E-state index < -0.39 is 0 Å². The monoisotopic (exact) mass is 333 g/mol. The third kappa shape index (κ3) is 2.41. The normalized spacial score (nSPS) is 20.9. The second-order valence-corrected chi connectivity index (χ2v) is 5.79. The van der Waals surface area contributed by atoms with Crippen molar-refractivity contribution >= 4 is 15.9 Å². The zero-order valence-corrected chi connectivity index (χ0v) is 12.8. The molecule has 3 nitrogen and oxygen atoms in total. The Bertz CT molecular complexity index is 630. The molecule has 1 heterocycles. The number of hydrogen-bond donors (Lipinski definition) is 1. The van der Waals surface area contributed by atoms with Gasteiger partial charge in [0.2, 0.25) is 0 Å². The lowest BCUT2D eigenvalue weighted by Gasteiger charge is -2.31. The van der Waals surface area contributed by atoms with Crippen LogP contribution in [0.2, 0.25) is 0 Å². The molecule has 104 valence electrons. The topological polar surface area (TPSA) is 44.5 Å². The minimum Gasteiger partial charge on any atom is -0.496 e. The Morgan fingerprint density at radius 2 is 2.00 bits per heavy atom. The zero-order valence-electron chi connectivity index (χ0n) is 11.2. The minimum absolute atomic E-state index is 0.0198. The summed E-state index contributed by atoms with van der Waals surface area (Å²) in [5.41, 5.74) is 8.36. The highest BCUT2D eigenvalue weighted by Gasteiger charge is 2.28. The summed E-state index contributed by atoms with van der Waals surface area (Å²) in [6.45, 7) is 0. The first-order chi connectivity index (χ1) is 9.69. The molecule has 3 rings (SSSR count). The van der Waals surface area contributed by atoms with E-state index in [0.717, 1.165) is 33.5 Å². The van der Waals surface area contributed by atoms with Crippen LogP contribution < -0.4 is 15.2 Å². The van der Waals surface area contributed by atoms with E-state index in [2.05, 4.69) is 15.9 Å². The van der Waals surface area contributed by atoms with E-state index in [1.807, 2.05) is 42.5 Å². The van der Waals surface area contributed by atoms with Crippen LogP contribution in [0, 0.1) is 0 Å². The molecule has 0 spiro atoms. The van der Waals surface area contributed by atoms with Gasteiger partial charge in [0.05, 0.1) is 7.11 Å². The predicted molar refractivity (Wildman–Crippen MR) is 82.1 cm³/mol. The van der Waals surface area contributed by atoms with E-state index >= 15 is 0 Å². The van der Waals surface area contributed by atoms with Crippen LogP contribution in [0.25, 0.3) is 0 Å². The summed E-state index contributed by atoms with van der Waals surface area (Å²) in [6, 6.07) is 13.8. The molecule has 0 fully saturated rings. The molecule has 0 radical (unpaired) electrons. The maximum atomic E-state index is 6.27. The number of hydrogen-bond acceptors (Lipinski definition) is 3. The quantitative estimate of drug-likeness (QED) is 0.903. The van der Waals surface area contributed by atoms with Crippen LogP contribution in [0.4, 0.5) is 0 Å². The van der Waals surface area contributed by atoms with Gasteiger partial charge >= 0.3 is 0 Å². The maximum Gasteiger partial charge on any atom is 0.129 e. The van der Waals surface area contributed by atoms with Gasteiger partial charge < -0.3 is 15.2 Å². The molecule has 0 bridgehead atoms. The molecule has 2 aromatic carbocycles. The molecule has 2 aromatic rings. The van der Waals surface area contributed by atoms with Gasteiger partial charge in [0, 0.05) is 28.1 Å². The van der Waals surface area contributed by atoms with Crippen LogP contribution in [0.15, 0.2) is 46.9 Å². The molecule has 0 aromatic heterocycles. The molecular weight excluding hydrogens is 318 g/mol. The van der Waals surface area contributed by atoms with Crippen LogP contribution in [0.3, 0.4) is 0 Å². The van der Waals surface area contributed by atoms with Crippen LogP contribution in [0.1, 0.15) is 29.7 Å². The Hall–Kier alpha value is -1.52. The van der Waals surface area contributed by atoms with Gasteiger partial charge in [0.15, 0.2) is 0 Å². The molecule has 4 heteroatoms. The molecule has 0 amide bonds. The van der Waals surface area contributed by atoms with Gasteiger partial charge in [-0.15, -0.1) is 0 Å². The van der Waals surface area contributed by atoms with Crippen LogP contribution in [-0.2, 0) is 0 Å². The van der Waals surface area contributed by atoms with Crippen molar-refractivity contribution in [1.82, 2.24) is 0 Å². The summed E-state index contributed by atoms with van der Waals surface area (Å²) in [4.78, 5) is 0. The van der Waals surface area contributed by atoms with E-state index in [9.17, 15) is 0 Å². The molecule has 0 aliphatic carbocycles. The number of benzene rings is 2. The highest BCUT2D eigenvalue weighted by Crippen LogP contribution is 2.42. The Kier molecular flexibility index (Phi) is 3.68. The highest BCUT2D eigenvalue weighted by atomic mass is 79.9. The van der Waals surface area contributed by atoms with Crippen molar-refractivity contribution in [2.75, 3.05) is 7.11 Å². The first-order valence-electron chi connectivity index (χ1n) is 6.53. The molecule has 0 saturated carbocycles. The number of ether oxygens (including phenoxy) is 2. The third-order valence-corrected chi connectivity index (χ3v) is 4.09. The van der Waals surface area contributed by atoms with Gasteiger partial charge in [-0.1, -0.05) is 34.1 Å². The van der Waals surface area contributed by atoms with Crippen molar-refractivity contribution in [2.45, 2.75) is 18.6 Å². The van der Waals surface area contributed by atoms with Gasteiger partial charge in [-0.3, -0.25) is 0 Å². The fraction of sp³-hybridized carbons (Fsp3) is 0.250. The summed E-state index contributed by atoms with van der Waals surface area (Å²) in [5.74, 6) is 1.68. The van der Waals surface area contributed by atoms with E-state index in [1.165, 1.54) is 0 Å².